The minimum Gasteiger partial charge on any atom is -0.492 e. The largest absolute Gasteiger partial charge is 0.492 e. The highest BCUT2D eigenvalue weighted by Crippen LogP contribution is 2.56. The summed E-state index contributed by atoms with van der Waals surface area (Å²) in [7, 11) is 0. The fourth-order valence-electron chi connectivity index (χ4n) is 4.10. The Morgan fingerprint density at radius 3 is 2.41 bits per heavy atom. The number of halogens is 3. The van der Waals surface area contributed by atoms with Gasteiger partial charge in [-0.1, -0.05) is 31.4 Å². The Balaban J connectivity index is 1.58. The van der Waals surface area contributed by atoms with Gasteiger partial charge in [-0.3, -0.25) is 0 Å². The van der Waals surface area contributed by atoms with Crippen molar-refractivity contribution >= 4 is 11.6 Å². The molecule has 1 fully saturated rings. The van der Waals surface area contributed by atoms with E-state index in [1.807, 2.05) is 13.0 Å². The number of benzene rings is 2. The van der Waals surface area contributed by atoms with E-state index >= 15 is 0 Å². The standard InChI is InChI=1S/C22H23ClF2O2/c1-3-26-16-9-8-14-15-10-17(27-11-13-6-4-12(2)5-7-13)21(24)22(25)19(15)18(14)20(16)23/h8-10,12-13H,3-7,11H2,1-2H3. The van der Waals surface area contributed by atoms with Crippen molar-refractivity contribution in [2.75, 3.05) is 13.2 Å². The molecule has 2 nitrogen and oxygen atoms in total. The van der Waals surface area contributed by atoms with E-state index < -0.39 is 11.6 Å². The van der Waals surface area contributed by atoms with E-state index in [1.54, 1.807) is 12.1 Å². The molecule has 2 aromatic carbocycles. The van der Waals surface area contributed by atoms with Gasteiger partial charge in [-0.15, -0.1) is 0 Å². The van der Waals surface area contributed by atoms with Crippen molar-refractivity contribution in [3.05, 3.63) is 34.9 Å². The lowest BCUT2D eigenvalue weighted by atomic mass is 9.79. The maximum absolute atomic E-state index is 14.7. The zero-order valence-corrected chi connectivity index (χ0v) is 16.3. The second-order valence-electron chi connectivity index (χ2n) is 7.60. The Kier molecular flexibility index (Phi) is 5.02. The van der Waals surface area contributed by atoms with E-state index in [1.165, 1.54) is 12.8 Å². The van der Waals surface area contributed by atoms with Crippen molar-refractivity contribution in [3.8, 4) is 33.8 Å². The Hall–Kier alpha value is -1.81. The summed E-state index contributed by atoms with van der Waals surface area (Å²) in [5.41, 5.74) is 2.17. The molecule has 144 valence electrons. The monoisotopic (exact) mass is 392 g/mol. The highest BCUT2D eigenvalue weighted by Gasteiger charge is 2.34. The van der Waals surface area contributed by atoms with Crippen molar-refractivity contribution in [2.45, 2.75) is 39.5 Å². The van der Waals surface area contributed by atoms with Gasteiger partial charge in [-0.05, 0) is 60.9 Å². The van der Waals surface area contributed by atoms with Gasteiger partial charge in [0.2, 0.25) is 5.82 Å². The lowest BCUT2D eigenvalue weighted by molar-refractivity contribution is 0.182. The minimum atomic E-state index is -0.943. The molecule has 0 unspecified atom stereocenters. The molecular formula is C22H23ClF2O2. The number of rotatable bonds is 5. The molecule has 0 atom stereocenters. The summed E-state index contributed by atoms with van der Waals surface area (Å²) in [6.45, 7) is 4.98. The van der Waals surface area contributed by atoms with Crippen molar-refractivity contribution in [1.29, 1.82) is 0 Å². The second-order valence-corrected chi connectivity index (χ2v) is 7.97. The highest BCUT2D eigenvalue weighted by molar-refractivity contribution is 6.37. The average molecular weight is 393 g/mol. The maximum Gasteiger partial charge on any atom is 0.201 e. The molecule has 0 saturated heterocycles. The Labute approximate surface area is 163 Å². The van der Waals surface area contributed by atoms with Crippen LogP contribution in [0.5, 0.6) is 11.5 Å². The normalized spacial score (nSPS) is 20.5. The van der Waals surface area contributed by atoms with Gasteiger partial charge in [-0.2, -0.15) is 4.39 Å². The third-order valence-electron chi connectivity index (χ3n) is 5.73. The van der Waals surface area contributed by atoms with Gasteiger partial charge < -0.3 is 9.47 Å². The number of fused-ring (bicyclic) bond motifs is 4. The fourth-order valence-corrected chi connectivity index (χ4v) is 4.41. The molecule has 2 aliphatic rings. The maximum atomic E-state index is 14.7. The SMILES string of the molecule is CCOc1ccc2c(c1Cl)-c1c-2cc(OCC2CCC(C)CC2)c(F)c1F. The molecule has 0 aliphatic heterocycles. The molecule has 27 heavy (non-hydrogen) atoms. The molecule has 2 aliphatic carbocycles. The number of hydrogen-bond donors (Lipinski definition) is 0. The molecule has 5 heteroatoms. The van der Waals surface area contributed by atoms with Crippen LogP contribution < -0.4 is 9.47 Å². The number of hydrogen-bond acceptors (Lipinski definition) is 2. The lowest BCUT2D eigenvalue weighted by Crippen LogP contribution is -2.19. The van der Waals surface area contributed by atoms with Gasteiger partial charge in [0, 0.05) is 11.1 Å². The summed E-state index contributed by atoms with van der Waals surface area (Å²) in [6.07, 6.45) is 4.50. The summed E-state index contributed by atoms with van der Waals surface area (Å²) >= 11 is 6.35. The highest BCUT2D eigenvalue weighted by atomic mass is 35.5. The van der Waals surface area contributed by atoms with Crippen LogP contribution in [0.25, 0.3) is 22.3 Å². The van der Waals surface area contributed by atoms with Crippen LogP contribution in [0.1, 0.15) is 39.5 Å². The van der Waals surface area contributed by atoms with Crippen LogP contribution in [0.15, 0.2) is 18.2 Å². The Morgan fingerprint density at radius 2 is 1.70 bits per heavy atom. The van der Waals surface area contributed by atoms with Crippen LogP contribution in [0.2, 0.25) is 5.02 Å². The predicted octanol–water partition coefficient (Wildman–Crippen LogP) is 6.87. The summed E-state index contributed by atoms with van der Waals surface area (Å²) < 4.78 is 40.5. The molecule has 0 amide bonds. The van der Waals surface area contributed by atoms with Crippen LogP contribution in [0.3, 0.4) is 0 Å². The van der Waals surface area contributed by atoms with Crippen LogP contribution in [-0.4, -0.2) is 13.2 Å². The second kappa shape index (κ2) is 7.31. The van der Waals surface area contributed by atoms with E-state index in [4.69, 9.17) is 21.1 Å². The van der Waals surface area contributed by atoms with Gasteiger partial charge in [0.25, 0.3) is 0 Å². The first-order valence-electron chi connectivity index (χ1n) is 9.62. The third-order valence-corrected chi connectivity index (χ3v) is 6.11. The average Bonchev–Trinajstić information content (AvgIpc) is 2.64. The Bertz CT molecular complexity index is 873. The van der Waals surface area contributed by atoms with Gasteiger partial charge >= 0.3 is 0 Å². The first kappa shape index (κ1) is 18.5. The van der Waals surface area contributed by atoms with Gasteiger partial charge in [0.15, 0.2) is 11.6 Å². The molecule has 0 heterocycles. The van der Waals surface area contributed by atoms with E-state index in [2.05, 4.69) is 6.92 Å². The first-order chi connectivity index (χ1) is 13.0. The third kappa shape index (κ3) is 3.18. The molecule has 0 N–H and O–H groups in total. The molecule has 4 rings (SSSR count). The molecular weight excluding hydrogens is 370 g/mol. The molecule has 1 saturated carbocycles. The minimum absolute atomic E-state index is 0.0134. The van der Waals surface area contributed by atoms with Crippen LogP contribution in [0, 0.1) is 23.5 Å². The lowest BCUT2D eigenvalue weighted by Gasteiger charge is -2.29. The van der Waals surface area contributed by atoms with Crippen molar-refractivity contribution in [1.82, 2.24) is 0 Å². The summed E-state index contributed by atoms with van der Waals surface area (Å²) in [4.78, 5) is 0. The molecule has 0 aromatic heterocycles. The quantitative estimate of drug-likeness (QED) is 0.471. The number of ether oxygens (including phenoxy) is 2. The van der Waals surface area contributed by atoms with Gasteiger partial charge in [-0.25, -0.2) is 4.39 Å². The predicted molar refractivity (Wildman–Crippen MR) is 104 cm³/mol. The van der Waals surface area contributed by atoms with E-state index in [-0.39, 0.29) is 11.3 Å². The van der Waals surface area contributed by atoms with Crippen LogP contribution in [0.4, 0.5) is 8.78 Å². The summed E-state index contributed by atoms with van der Waals surface area (Å²) in [5, 5.41) is 0.324. The Morgan fingerprint density at radius 1 is 0.963 bits per heavy atom. The van der Waals surface area contributed by atoms with E-state index in [9.17, 15) is 8.78 Å². The van der Waals surface area contributed by atoms with Gasteiger partial charge in [0.05, 0.1) is 18.2 Å². The van der Waals surface area contributed by atoms with Gasteiger partial charge in [0.1, 0.15) is 5.75 Å². The van der Waals surface area contributed by atoms with Crippen molar-refractivity contribution in [2.24, 2.45) is 11.8 Å². The van der Waals surface area contributed by atoms with Crippen molar-refractivity contribution in [3.63, 3.8) is 0 Å². The molecule has 2 aromatic rings. The van der Waals surface area contributed by atoms with E-state index in [0.717, 1.165) is 24.3 Å². The molecule has 0 bridgehead atoms. The first-order valence-corrected chi connectivity index (χ1v) is 9.99. The van der Waals surface area contributed by atoms with Crippen molar-refractivity contribution < 1.29 is 18.3 Å². The summed E-state index contributed by atoms with van der Waals surface area (Å²) in [6, 6.07) is 5.19. The zero-order valence-electron chi connectivity index (χ0n) is 15.6. The fraction of sp³-hybridized carbons (Fsp3) is 0.455. The van der Waals surface area contributed by atoms with Crippen LogP contribution in [-0.2, 0) is 0 Å². The topological polar surface area (TPSA) is 18.5 Å². The smallest absolute Gasteiger partial charge is 0.201 e. The molecule has 0 spiro atoms. The van der Waals surface area contributed by atoms with Crippen LogP contribution >= 0.6 is 11.6 Å². The van der Waals surface area contributed by atoms with E-state index in [0.29, 0.717) is 41.0 Å². The zero-order chi connectivity index (χ0) is 19.1. The molecule has 0 radical (unpaired) electrons. The summed E-state index contributed by atoms with van der Waals surface area (Å²) in [5.74, 6) is -0.222.